The van der Waals surface area contributed by atoms with Crippen molar-refractivity contribution in [3.8, 4) is 0 Å². The predicted molar refractivity (Wildman–Crippen MR) is 151 cm³/mol. The Kier molecular flexibility index (Phi) is 9.16. The van der Waals surface area contributed by atoms with Crippen molar-refractivity contribution in [1.29, 1.82) is 0 Å². The molecule has 2 amide bonds. The van der Waals surface area contributed by atoms with E-state index < -0.39 is 20.5 Å². The maximum Gasteiger partial charge on any atom is 0.412 e. The minimum Gasteiger partial charge on any atom is -0.469 e. The van der Waals surface area contributed by atoms with Crippen LogP contribution in [0.1, 0.15) is 56.9 Å². The molecule has 38 heavy (non-hydrogen) atoms. The van der Waals surface area contributed by atoms with E-state index in [1.54, 1.807) is 17.0 Å². The van der Waals surface area contributed by atoms with Gasteiger partial charge in [0.2, 0.25) is 14.2 Å². The third-order valence-corrected chi connectivity index (χ3v) is 12.2. The first-order chi connectivity index (χ1) is 17.9. The van der Waals surface area contributed by atoms with Gasteiger partial charge in [-0.3, -0.25) is 14.9 Å². The van der Waals surface area contributed by atoms with Gasteiger partial charge in [0, 0.05) is 18.5 Å². The van der Waals surface area contributed by atoms with Crippen LogP contribution < -0.4 is 10.2 Å². The molecule has 0 radical (unpaired) electrons. The van der Waals surface area contributed by atoms with Crippen LogP contribution in [0.5, 0.6) is 0 Å². The zero-order valence-electron chi connectivity index (χ0n) is 23.1. The SMILES string of the molecule is C=Cc1ccc(N2CCC2=O)c(NC(=O)OCc2ccccc2)c1[C@@H](C)O[Si](C)(CC(=O)OC)C(C)(C)C. The number of carbonyl (C=O) groups is 3. The highest BCUT2D eigenvalue weighted by Crippen LogP contribution is 2.46. The molecule has 1 saturated heterocycles. The summed E-state index contributed by atoms with van der Waals surface area (Å²) in [6.07, 6.45) is 0.942. The molecule has 8 nitrogen and oxygen atoms in total. The fourth-order valence-corrected chi connectivity index (χ4v) is 6.87. The Labute approximate surface area is 226 Å². The molecular formula is C29H38N2O6Si. The van der Waals surface area contributed by atoms with Crippen LogP contribution in [0.2, 0.25) is 17.6 Å². The number of esters is 1. The highest BCUT2D eigenvalue weighted by molar-refractivity contribution is 6.78. The van der Waals surface area contributed by atoms with Crippen molar-refractivity contribution in [2.45, 2.75) is 64.5 Å². The summed E-state index contributed by atoms with van der Waals surface area (Å²) in [5, 5.41) is 2.60. The number of hydrogen-bond acceptors (Lipinski definition) is 6. The van der Waals surface area contributed by atoms with Crippen LogP contribution >= 0.6 is 0 Å². The molecule has 1 heterocycles. The lowest BCUT2D eigenvalue weighted by molar-refractivity contribution is -0.138. The van der Waals surface area contributed by atoms with Crippen molar-refractivity contribution in [3.05, 3.63) is 65.7 Å². The number of nitrogens with zero attached hydrogens (tertiary/aromatic N) is 1. The van der Waals surface area contributed by atoms with E-state index in [9.17, 15) is 14.4 Å². The van der Waals surface area contributed by atoms with Crippen LogP contribution in [0.3, 0.4) is 0 Å². The molecule has 2 aromatic carbocycles. The fourth-order valence-electron chi connectivity index (χ4n) is 4.31. The second-order valence-corrected chi connectivity index (χ2v) is 15.2. The van der Waals surface area contributed by atoms with Gasteiger partial charge in [0.1, 0.15) is 6.61 Å². The Hall–Kier alpha value is -3.43. The quantitative estimate of drug-likeness (QED) is 0.212. The molecule has 0 spiro atoms. The number of carbonyl (C=O) groups excluding carboxylic acids is 3. The summed E-state index contributed by atoms with van der Waals surface area (Å²) in [6, 6.07) is 13.2. The van der Waals surface area contributed by atoms with Gasteiger partial charge in [-0.15, -0.1) is 0 Å². The monoisotopic (exact) mass is 538 g/mol. The van der Waals surface area contributed by atoms with Gasteiger partial charge in [-0.25, -0.2) is 4.79 Å². The molecule has 0 bridgehead atoms. The van der Waals surface area contributed by atoms with Crippen molar-refractivity contribution in [3.63, 3.8) is 0 Å². The second-order valence-electron chi connectivity index (χ2n) is 10.6. The van der Waals surface area contributed by atoms with Gasteiger partial charge in [0.05, 0.1) is 30.6 Å². The molecule has 3 rings (SSSR count). The minimum absolute atomic E-state index is 0.0313. The number of anilines is 2. The third kappa shape index (κ3) is 6.52. The van der Waals surface area contributed by atoms with Gasteiger partial charge in [0.15, 0.2) is 0 Å². The number of nitrogens with one attached hydrogen (secondary N) is 1. The number of β-lactam (4-membered cyclic amide) rings is 1. The highest BCUT2D eigenvalue weighted by Gasteiger charge is 2.46. The van der Waals surface area contributed by atoms with E-state index in [0.717, 1.165) is 11.1 Å². The molecule has 0 aromatic heterocycles. The first-order valence-corrected chi connectivity index (χ1v) is 15.3. The minimum atomic E-state index is -2.72. The topological polar surface area (TPSA) is 94.2 Å². The molecule has 1 fully saturated rings. The lowest BCUT2D eigenvalue weighted by atomic mass is 9.97. The summed E-state index contributed by atoms with van der Waals surface area (Å²) in [7, 11) is -1.35. The molecule has 204 valence electrons. The summed E-state index contributed by atoms with van der Waals surface area (Å²) in [5.41, 5.74) is 3.27. The number of hydrogen-bond donors (Lipinski definition) is 1. The maximum absolute atomic E-state index is 13.0. The molecule has 1 aliphatic heterocycles. The molecule has 2 atom stereocenters. The van der Waals surface area contributed by atoms with Crippen LogP contribution in [0.25, 0.3) is 6.08 Å². The average molecular weight is 539 g/mol. The second kappa shape index (κ2) is 12.0. The standard InChI is InChI=1S/C29H38N2O6Si/c1-8-22-14-15-23(31-17-16-24(31)32)27(30-28(34)36-18-21-12-10-9-11-13-21)26(22)20(2)37-38(7,29(3,4)5)19-25(33)35-6/h8-15,20H,1,16-19H2,2-7H3,(H,30,34)/t20-,38?/m1/s1. The van der Waals surface area contributed by atoms with E-state index >= 15 is 0 Å². The third-order valence-electron chi connectivity index (χ3n) is 7.20. The number of methoxy groups -OCH3 is 1. The Bertz CT molecular complexity index is 1190. The van der Waals surface area contributed by atoms with Crippen molar-refractivity contribution < 1.29 is 28.3 Å². The summed E-state index contributed by atoms with van der Waals surface area (Å²) >= 11 is 0. The number of ether oxygens (including phenoxy) is 2. The average Bonchev–Trinajstić information content (AvgIpc) is 2.86. The predicted octanol–water partition coefficient (Wildman–Crippen LogP) is 6.44. The van der Waals surface area contributed by atoms with Gasteiger partial charge in [-0.1, -0.05) is 69.8 Å². The van der Waals surface area contributed by atoms with Gasteiger partial charge >= 0.3 is 12.1 Å². The summed E-state index contributed by atoms with van der Waals surface area (Å²) < 4.78 is 17.2. The number of benzene rings is 2. The van der Waals surface area contributed by atoms with Crippen LogP contribution in [-0.4, -0.2) is 39.9 Å². The molecule has 1 unspecified atom stereocenters. The molecule has 2 aromatic rings. The maximum atomic E-state index is 13.0. The molecule has 1 aliphatic rings. The molecule has 0 aliphatic carbocycles. The summed E-state index contributed by atoms with van der Waals surface area (Å²) in [5.74, 6) is -0.357. The van der Waals surface area contributed by atoms with E-state index in [4.69, 9.17) is 13.9 Å². The lowest BCUT2D eigenvalue weighted by Gasteiger charge is -2.41. The Morgan fingerprint density at radius 1 is 1.18 bits per heavy atom. The van der Waals surface area contributed by atoms with Crippen molar-refractivity contribution in [2.24, 2.45) is 0 Å². The van der Waals surface area contributed by atoms with Crippen LogP contribution in [0.4, 0.5) is 16.2 Å². The zero-order valence-corrected chi connectivity index (χ0v) is 24.1. The number of rotatable bonds is 10. The molecular weight excluding hydrogens is 500 g/mol. The van der Waals surface area contributed by atoms with Crippen molar-refractivity contribution >= 4 is 43.7 Å². The zero-order chi connectivity index (χ0) is 28.1. The first kappa shape index (κ1) is 29.1. The van der Waals surface area contributed by atoms with Crippen LogP contribution in [0.15, 0.2) is 49.0 Å². The van der Waals surface area contributed by atoms with Crippen LogP contribution in [-0.2, 0) is 30.1 Å². The Morgan fingerprint density at radius 2 is 1.87 bits per heavy atom. The van der Waals surface area contributed by atoms with E-state index in [-0.39, 0.29) is 29.6 Å². The van der Waals surface area contributed by atoms with E-state index in [0.29, 0.717) is 29.9 Å². The smallest absolute Gasteiger partial charge is 0.412 e. The summed E-state index contributed by atoms with van der Waals surface area (Å²) in [4.78, 5) is 39.4. The van der Waals surface area contributed by atoms with Gasteiger partial charge in [-0.05, 0) is 35.7 Å². The van der Waals surface area contributed by atoms with Crippen LogP contribution in [0, 0.1) is 0 Å². The molecule has 9 heteroatoms. The van der Waals surface area contributed by atoms with E-state index in [2.05, 4.69) is 32.7 Å². The van der Waals surface area contributed by atoms with E-state index in [1.165, 1.54) is 7.11 Å². The van der Waals surface area contributed by atoms with E-state index in [1.807, 2.05) is 49.9 Å². The lowest BCUT2D eigenvalue weighted by Crippen LogP contribution is -2.47. The highest BCUT2D eigenvalue weighted by atomic mass is 28.4. The largest absolute Gasteiger partial charge is 0.469 e. The first-order valence-electron chi connectivity index (χ1n) is 12.7. The van der Waals surface area contributed by atoms with Crippen molar-refractivity contribution in [2.75, 3.05) is 23.9 Å². The number of amides is 2. The van der Waals surface area contributed by atoms with Gasteiger partial charge in [-0.2, -0.15) is 0 Å². The van der Waals surface area contributed by atoms with Gasteiger partial charge in [0.25, 0.3) is 0 Å². The van der Waals surface area contributed by atoms with Gasteiger partial charge < -0.3 is 18.8 Å². The summed E-state index contributed by atoms with van der Waals surface area (Å²) in [6.45, 7) is 14.7. The Morgan fingerprint density at radius 3 is 2.39 bits per heavy atom. The van der Waals surface area contributed by atoms with Crippen molar-refractivity contribution in [1.82, 2.24) is 0 Å². The fraction of sp³-hybridized carbons (Fsp3) is 0.414. The normalized spacial score (nSPS) is 15.6. The Balaban J connectivity index is 2.01. The molecule has 1 N–H and O–H groups in total. The molecule has 0 saturated carbocycles.